The van der Waals surface area contributed by atoms with Gasteiger partial charge in [-0.15, -0.1) is 0 Å². The number of hydrogen-bond donors (Lipinski definition) is 3. The van der Waals surface area contributed by atoms with E-state index in [2.05, 4.69) is 40.6 Å². The minimum Gasteiger partial charge on any atom is -0.396 e. The Bertz CT molecular complexity index is 802. The Kier molecular flexibility index (Phi) is 4.68. The van der Waals surface area contributed by atoms with Crippen LogP contribution in [0.4, 0.5) is 5.69 Å². The van der Waals surface area contributed by atoms with Crippen molar-refractivity contribution in [1.82, 2.24) is 0 Å². The molecule has 1 saturated carbocycles. The highest BCUT2D eigenvalue weighted by Gasteiger charge is 2.54. The summed E-state index contributed by atoms with van der Waals surface area (Å²) in [5, 5.41) is 13.2. The summed E-state index contributed by atoms with van der Waals surface area (Å²) in [4.78, 5) is 4.57. The second-order valence-corrected chi connectivity index (χ2v) is 7.66. The Morgan fingerprint density at radius 2 is 1.92 bits per heavy atom. The van der Waals surface area contributed by atoms with Crippen LogP contribution in [0.5, 0.6) is 0 Å². The van der Waals surface area contributed by atoms with Gasteiger partial charge in [0.1, 0.15) is 0 Å². The SMILES string of the molecule is NC(=NCC1(CO)CC1c1ccccc1)Nc1cccc2c1CCCC2. The second kappa shape index (κ2) is 7.12. The van der Waals surface area contributed by atoms with Gasteiger partial charge in [0, 0.05) is 11.1 Å². The molecular weight excluding hydrogens is 322 g/mol. The van der Waals surface area contributed by atoms with Crippen LogP contribution in [0.2, 0.25) is 0 Å². The molecule has 2 aliphatic carbocycles. The van der Waals surface area contributed by atoms with Crippen molar-refractivity contribution in [1.29, 1.82) is 0 Å². The lowest BCUT2D eigenvalue weighted by atomic mass is 9.90. The first kappa shape index (κ1) is 17.1. The van der Waals surface area contributed by atoms with Gasteiger partial charge in [0.2, 0.25) is 0 Å². The number of aliphatic hydroxyl groups excluding tert-OH is 1. The molecule has 2 unspecified atom stereocenters. The maximum atomic E-state index is 9.92. The average Bonchev–Trinajstić information content (AvgIpc) is 3.43. The molecule has 4 N–H and O–H groups in total. The number of nitrogens with zero attached hydrogens (tertiary/aromatic N) is 1. The van der Waals surface area contributed by atoms with Gasteiger partial charge in [-0.2, -0.15) is 0 Å². The Morgan fingerprint density at radius 1 is 1.12 bits per heavy atom. The lowest BCUT2D eigenvalue weighted by Gasteiger charge is -2.20. The zero-order valence-electron chi connectivity index (χ0n) is 15.1. The van der Waals surface area contributed by atoms with Crippen LogP contribution >= 0.6 is 0 Å². The highest BCUT2D eigenvalue weighted by atomic mass is 16.3. The van der Waals surface area contributed by atoms with Gasteiger partial charge in [-0.1, -0.05) is 42.5 Å². The predicted octanol–water partition coefficient (Wildman–Crippen LogP) is 3.46. The van der Waals surface area contributed by atoms with E-state index in [1.165, 1.54) is 29.5 Å². The van der Waals surface area contributed by atoms with Crippen LogP contribution in [0.1, 0.15) is 41.9 Å². The van der Waals surface area contributed by atoms with Crippen molar-refractivity contribution in [3.05, 3.63) is 65.2 Å². The molecule has 1 fully saturated rings. The van der Waals surface area contributed by atoms with E-state index in [9.17, 15) is 5.11 Å². The highest BCUT2D eigenvalue weighted by Crippen LogP contribution is 2.59. The maximum Gasteiger partial charge on any atom is 0.193 e. The van der Waals surface area contributed by atoms with Crippen molar-refractivity contribution in [2.24, 2.45) is 16.1 Å². The van der Waals surface area contributed by atoms with Crippen molar-refractivity contribution in [2.45, 2.75) is 38.0 Å². The van der Waals surface area contributed by atoms with E-state index in [4.69, 9.17) is 5.73 Å². The predicted molar refractivity (Wildman–Crippen MR) is 107 cm³/mol. The van der Waals surface area contributed by atoms with Crippen LogP contribution in [0.15, 0.2) is 53.5 Å². The minimum absolute atomic E-state index is 0.143. The molecule has 4 heteroatoms. The van der Waals surface area contributed by atoms with E-state index >= 15 is 0 Å². The first-order chi connectivity index (χ1) is 12.7. The van der Waals surface area contributed by atoms with E-state index < -0.39 is 0 Å². The van der Waals surface area contributed by atoms with E-state index in [1.54, 1.807) is 0 Å². The lowest BCUT2D eigenvalue weighted by molar-refractivity contribution is 0.212. The maximum absolute atomic E-state index is 9.92. The third kappa shape index (κ3) is 3.34. The highest BCUT2D eigenvalue weighted by molar-refractivity contribution is 5.93. The number of nitrogens with two attached hydrogens (primary N) is 1. The molecule has 2 atom stereocenters. The molecule has 136 valence electrons. The molecule has 2 aromatic rings. The number of aliphatic hydroxyl groups is 1. The van der Waals surface area contributed by atoms with Crippen LogP contribution in [0.3, 0.4) is 0 Å². The molecular formula is C22H27N3O. The molecule has 26 heavy (non-hydrogen) atoms. The smallest absolute Gasteiger partial charge is 0.193 e. The summed E-state index contributed by atoms with van der Waals surface area (Å²) >= 11 is 0. The zero-order valence-corrected chi connectivity index (χ0v) is 15.1. The average molecular weight is 349 g/mol. The first-order valence-electron chi connectivity index (χ1n) is 9.55. The number of hydrogen-bond acceptors (Lipinski definition) is 2. The summed E-state index contributed by atoms with van der Waals surface area (Å²) in [6.07, 6.45) is 5.71. The van der Waals surface area contributed by atoms with Crippen molar-refractivity contribution < 1.29 is 5.11 Å². The van der Waals surface area contributed by atoms with Crippen molar-refractivity contribution in [3.63, 3.8) is 0 Å². The summed E-state index contributed by atoms with van der Waals surface area (Å²) in [6, 6.07) is 16.8. The fourth-order valence-corrected chi connectivity index (χ4v) is 4.22. The summed E-state index contributed by atoms with van der Waals surface area (Å²) in [6.45, 7) is 0.695. The summed E-state index contributed by atoms with van der Waals surface area (Å²) in [5.41, 5.74) is 11.2. The standard InChI is InChI=1S/C22H27N3O/c23-21(25-20-12-6-10-16-7-4-5-11-18(16)20)24-14-22(15-26)13-19(22)17-8-2-1-3-9-17/h1-3,6,8-10,12,19,26H,4-5,7,11,13-15H2,(H3,23,24,25). The number of rotatable bonds is 5. The number of benzene rings is 2. The largest absolute Gasteiger partial charge is 0.396 e. The number of anilines is 1. The van der Waals surface area contributed by atoms with Gasteiger partial charge in [0.05, 0.1) is 13.2 Å². The van der Waals surface area contributed by atoms with Gasteiger partial charge in [0.15, 0.2) is 5.96 Å². The van der Waals surface area contributed by atoms with Gasteiger partial charge >= 0.3 is 0 Å². The molecule has 4 nitrogen and oxygen atoms in total. The Labute approximate surface area is 155 Å². The summed E-state index contributed by atoms with van der Waals surface area (Å²) < 4.78 is 0. The normalized spacial score (nSPS) is 24.8. The third-order valence-corrected chi connectivity index (χ3v) is 5.93. The second-order valence-electron chi connectivity index (χ2n) is 7.66. The minimum atomic E-state index is -0.163. The molecule has 0 spiro atoms. The fraction of sp³-hybridized carbons (Fsp3) is 0.409. The van der Waals surface area contributed by atoms with E-state index in [0.717, 1.165) is 24.9 Å². The molecule has 0 saturated heterocycles. The molecule has 0 bridgehead atoms. The Morgan fingerprint density at radius 3 is 2.73 bits per heavy atom. The first-order valence-corrected chi connectivity index (χ1v) is 9.55. The van der Waals surface area contributed by atoms with Crippen LogP contribution in [0, 0.1) is 5.41 Å². The molecule has 2 aromatic carbocycles. The lowest BCUT2D eigenvalue weighted by Crippen LogP contribution is -2.26. The van der Waals surface area contributed by atoms with Crippen LogP contribution in [0.25, 0.3) is 0 Å². The number of nitrogens with one attached hydrogen (secondary N) is 1. The van der Waals surface area contributed by atoms with E-state index in [1.807, 2.05) is 18.2 Å². The van der Waals surface area contributed by atoms with Crippen molar-refractivity contribution >= 4 is 11.6 Å². The van der Waals surface area contributed by atoms with Gasteiger partial charge in [-0.3, -0.25) is 4.99 Å². The molecule has 0 radical (unpaired) electrons. The molecule has 4 rings (SSSR count). The molecule has 2 aliphatic rings. The van der Waals surface area contributed by atoms with Crippen LogP contribution in [-0.2, 0) is 12.8 Å². The fourth-order valence-electron chi connectivity index (χ4n) is 4.22. The number of aliphatic imine (C=N–C) groups is 1. The number of aryl methyl sites for hydroxylation is 1. The third-order valence-electron chi connectivity index (χ3n) is 5.93. The Hall–Kier alpha value is -2.33. The quantitative estimate of drug-likeness (QED) is 0.572. The van der Waals surface area contributed by atoms with Gasteiger partial charge < -0.3 is 16.2 Å². The van der Waals surface area contributed by atoms with Crippen LogP contribution < -0.4 is 11.1 Å². The molecule has 0 heterocycles. The Balaban J connectivity index is 1.44. The van der Waals surface area contributed by atoms with Gasteiger partial charge in [-0.05, 0) is 60.8 Å². The molecule has 0 amide bonds. The van der Waals surface area contributed by atoms with E-state index in [0.29, 0.717) is 18.4 Å². The topological polar surface area (TPSA) is 70.6 Å². The zero-order chi connectivity index (χ0) is 18.0. The summed E-state index contributed by atoms with van der Waals surface area (Å²) in [7, 11) is 0. The van der Waals surface area contributed by atoms with Crippen molar-refractivity contribution in [2.75, 3.05) is 18.5 Å². The van der Waals surface area contributed by atoms with Gasteiger partial charge in [-0.25, -0.2) is 0 Å². The monoisotopic (exact) mass is 349 g/mol. The van der Waals surface area contributed by atoms with Gasteiger partial charge in [0.25, 0.3) is 0 Å². The number of fused-ring (bicyclic) bond motifs is 1. The van der Waals surface area contributed by atoms with E-state index in [-0.39, 0.29) is 12.0 Å². The summed E-state index contributed by atoms with van der Waals surface area (Å²) in [5.74, 6) is 0.810. The van der Waals surface area contributed by atoms with Crippen LogP contribution in [-0.4, -0.2) is 24.2 Å². The number of guanidine groups is 1. The molecule has 0 aromatic heterocycles. The van der Waals surface area contributed by atoms with Crippen molar-refractivity contribution in [3.8, 4) is 0 Å². The molecule has 0 aliphatic heterocycles.